The number of halogens is 3. The Labute approximate surface area is 133 Å². The van der Waals surface area contributed by atoms with Crippen LogP contribution < -0.4 is 16.2 Å². The zero-order valence-electron chi connectivity index (χ0n) is 11.6. The number of aromatic nitrogens is 2. The zero-order valence-corrected chi connectivity index (χ0v) is 12.4. The number of hydrogen-bond acceptors (Lipinski definition) is 6. The van der Waals surface area contributed by atoms with E-state index in [1.54, 1.807) is 0 Å². The van der Waals surface area contributed by atoms with Crippen molar-refractivity contribution >= 4 is 22.4 Å². The zero-order chi connectivity index (χ0) is 16.4. The van der Waals surface area contributed by atoms with Gasteiger partial charge in [-0.1, -0.05) is 41.7 Å². The summed E-state index contributed by atoms with van der Waals surface area (Å²) in [6.07, 6.45) is -4.09. The minimum atomic E-state index is -4.56. The Morgan fingerprint density at radius 3 is 2.61 bits per heavy atom. The van der Waals surface area contributed by atoms with Crippen LogP contribution in [-0.4, -0.2) is 22.1 Å². The average Bonchev–Trinajstić information content (AvgIpc) is 3.16. The van der Waals surface area contributed by atoms with Crippen LogP contribution in [0.5, 0.6) is 0 Å². The summed E-state index contributed by atoms with van der Waals surface area (Å²) < 4.78 is 37.4. The predicted octanol–water partition coefficient (Wildman–Crippen LogP) is 2.10. The number of nitrogens with one attached hydrogen (secondary N) is 3. The van der Waals surface area contributed by atoms with Crippen LogP contribution in [-0.2, 0) is 11.0 Å². The molecule has 3 rings (SSSR count). The quantitative estimate of drug-likeness (QED) is 0.795. The monoisotopic (exact) mass is 343 g/mol. The number of anilines is 1. The summed E-state index contributed by atoms with van der Waals surface area (Å²) in [5.41, 5.74) is 6.85. The number of alkyl halides is 3. The van der Waals surface area contributed by atoms with Gasteiger partial charge < -0.3 is 0 Å². The molecule has 2 heterocycles. The molecule has 1 aromatic heterocycles. The van der Waals surface area contributed by atoms with E-state index in [9.17, 15) is 18.0 Å². The molecule has 10 heteroatoms. The van der Waals surface area contributed by atoms with E-state index >= 15 is 0 Å². The molecule has 0 spiro atoms. The molecule has 1 fully saturated rings. The van der Waals surface area contributed by atoms with E-state index < -0.39 is 23.1 Å². The highest BCUT2D eigenvalue weighted by atomic mass is 32.1. The van der Waals surface area contributed by atoms with Crippen LogP contribution in [0.3, 0.4) is 0 Å². The van der Waals surface area contributed by atoms with E-state index in [4.69, 9.17) is 0 Å². The second-order valence-corrected chi connectivity index (χ2v) is 5.92. The minimum Gasteiger partial charge on any atom is -0.299 e. The number of carbonyl (C=O) groups is 1. The van der Waals surface area contributed by atoms with Gasteiger partial charge in [0.15, 0.2) is 0 Å². The van der Waals surface area contributed by atoms with Crippen LogP contribution in [0, 0.1) is 0 Å². The van der Waals surface area contributed by atoms with Crippen molar-refractivity contribution in [2.45, 2.75) is 24.7 Å². The van der Waals surface area contributed by atoms with Crippen LogP contribution in [0.4, 0.5) is 18.3 Å². The molecule has 0 radical (unpaired) electrons. The van der Waals surface area contributed by atoms with Gasteiger partial charge >= 0.3 is 6.18 Å². The molecule has 1 aliphatic rings. The van der Waals surface area contributed by atoms with E-state index in [1.165, 1.54) is 0 Å². The Bertz CT molecular complexity index is 690. The van der Waals surface area contributed by atoms with Crippen molar-refractivity contribution in [1.82, 2.24) is 21.0 Å². The lowest BCUT2D eigenvalue weighted by atomic mass is 10.0. The van der Waals surface area contributed by atoms with Crippen molar-refractivity contribution in [2.24, 2.45) is 0 Å². The van der Waals surface area contributed by atoms with Gasteiger partial charge in [0.1, 0.15) is 6.04 Å². The molecule has 0 bridgehead atoms. The highest BCUT2D eigenvalue weighted by Gasteiger charge is 2.36. The minimum absolute atomic E-state index is 0.0490. The lowest BCUT2D eigenvalue weighted by Gasteiger charge is -2.09. The Morgan fingerprint density at radius 1 is 1.22 bits per heavy atom. The van der Waals surface area contributed by atoms with Gasteiger partial charge in [-0.2, -0.15) is 13.2 Å². The third-order valence-electron chi connectivity index (χ3n) is 3.32. The first kappa shape index (κ1) is 15.8. The molecule has 2 atom stereocenters. The number of benzene rings is 1. The molecule has 3 N–H and O–H groups in total. The lowest BCUT2D eigenvalue weighted by molar-refractivity contribution is -0.138. The van der Waals surface area contributed by atoms with E-state index in [-0.39, 0.29) is 11.2 Å². The number of hydrazine groups is 1. The molecule has 1 aliphatic heterocycles. The first-order valence-electron chi connectivity index (χ1n) is 6.71. The fraction of sp³-hybridized carbons (Fsp3) is 0.308. The van der Waals surface area contributed by atoms with Crippen molar-refractivity contribution in [3.63, 3.8) is 0 Å². The molecule has 0 saturated carbocycles. The van der Waals surface area contributed by atoms with E-state index in [2.05, 4.69) is 26.4 Å². The summed E-state index contributed by atoms with van der Waals surface area (Å²) >= 11 is 0.297. The topological polar surface area (TPSA) is 78.9 Å². The number of hydrogen-bond donors (Lipinski definition) is 3. The molecule has 1 amide bonds. The van der Waals surface area contributed by atoms with Gasteiger partial charge in [0.2, 0.25) is 16.0 Å². The first-order chi connectivity index (χ1) is 10.9. The summed E-state index contributed by atoms with van der Waals surface area (Å²) in [6.45, 7) is 0. The van der Waals surface area contributed by atoms with Gasteiger partial charge in [0.25, 0.3) is 0 Å². The molecule has 122 valence electrons. The normalized spacial score (nSPS) is 21.3. The van der Waals surface area contributed by atoms with Crippen LogP contribution in [0.15, 0.2) is 30.3 Å². The third-order valence-corrected chi connectivity index (χ3v) is 4.20. The molecular weight excluding hydrogens is 331 g/mol. The van der Waals surface area contributed by atoms with Gasteiger partial charge in [0.05, 0.1) is 0 Å². The van der Waals surface area contributed by atoms with E-state index in [0.29, 0.717) is 17.8 Å². The predicted molar refractivity (Wildman–Crippen MR) is 77.4 cm³/mol. The maximum absolute atomic E-state index is 12.5. The Kier molecular flexibility index (Phi) is 4.28. The fourth-order valence-corrected chi connectivity index (χ4v) is 2.83. The second-order valence-electron chi connectivity index (χ2n) is 4.94. The third kappa shape index (κ3) is 3.66. The van der Waals surface area contributed by atoms with Gasteiger partial charge in [-0.15, -0.1) is 10.2 Å². The maximum Gasteiger partial charge on any atom is 0.445 e. The second kappa shape index (κ2) is 6.22. The van der Waals surface area contributed by atoms with Gasteiger partial charge in [-0.25, -0.2) is 10.9 Å². The Hall–Kier alpha value is -2.04. The molecule has 2 aromatic rings. The van der Waals surface area contributed by atoms with Crippen molar-refractivity contribution in [2.75, 3.05) is 5.32 Å². The molecule has 2 unspecified atom stereocenters. The molecule has 0 aliphatic carbocycles. The summed E-state index contributed by atoms with van der Waals surface area (Å²) in [4.78, 5) is 12.1. The maximum atomic E-state index is 12.5. The van der Waals surface area contributed by atoms with Gasteiger partial charge in [0, 0.05) is 6.04 Å². The number of amides is 1. The van der Waals surface area contributed by atoms with Crippen molar-refractivity contribution in [3.05, 3.63) is 40.9 Å². The highest BCUT2D eigenvalue weighted by molar-refractivity contribution is 7.15. The fourth-order valence-electron chi connectivity index (χ4n) is 2.21. The smallest absolute Gasteiger partial charge is 0.299 e. The largest absolute Gasteiger partial charge is 0.445 e. The van der Waals surface area contributed by atoms with Crippen LogP contribution in [0.1, 0.15) is 23.0 Å². The standard InChI is InChI=1S/C13H12F3N5OS/c14-13(15,16)11-20-21-12(23-11)17-10(22)9-6-8(18-19-9)7-4-2-1-3-5-7/h1-5,8-9,18-19H,6H2,(H,17,21,22). The number of rotatable bonds is 3. The van der Waals surface area contributed by atoms with E-state index in [0.717, 1.165) is 5.56 Å². The van der Waals surface area contributed by atoms with Gasteiger partial charge in [-0.3, -0.25) is 10.1 Å². The van der Waals surface area contributed by atoms with Crippen LogP contribution in [0.2, 0.25) is 0 Å². The molecule has 1 aromatic carbocycles. The summed E-state index contributed by atoms with van der Waals surface area (Å²) in [5.74, 6) is -0.458. The summed E-state index contributed by atoms with van der Waals surface area (Å²) in [6, 6.07) is 8.92. The molecular formula is C13H12F3N5OS. The molecule has 1 saturated heterocycles. The lowest BCUT2D eigenvalue weighted by Crippen LogP contribution is -2.39. The van der Waals surface area contributed by atoms with E-state index in [1.807, 2.05) is 30.3 Å². The SMILES string of the molecule is O=C(Nc1nnc(C(F)(F)F)s1)C1CC(c2ccccc2)NN1. The summed E-state index contributed by atoms with van der Waals surface area (Å²) in [5, 5.41) is 7.45. The van der Waals surface area contributed by atoms with Crippen molar-refractivity contribution in [3.8, 4) is 0 Å². The average molecular weight is 343 g/mol. The Morgan fingerprint density at radius 2 is 1.96 bits per heavy atom. The summed E-state index contributed by atoms with van der Waals surface area (Å²) in [7, 11) is 0. The Balaban J connectivity index is 1.60. The number of nitrogens with zero attached hydrogens (tertiary/aromatic N) is 2. The first-order valence-corrected chi connectivity index (χ1v) is 7.52. The van der Waals surface area contributed by atoms with Crippen LogP contribution in [0.25, 0.3) is 0 Å². The van der Waals surface area contributed by atoms with Crippen molar-refractivity contribution in [1.29, 1.82) is 0 Å². The highest BCUT2D eigenvalue weighted by Crippen LogP contribution is 2.33. The number of carbonyl (C=O) groups excluding carboxylic acids is 1. The molecule has 23 heavy (non-hydrogen) atoms. The molecule has 6 nitrogen and oxygen atoms in total. The van der Waals surface area contributed by atoms with Gasteiger partial charge in [-0.05, 0) is 12.0 Å². The van der Waals surface area contributed by atoms with Crippen molar-refractivity contribution < 1.29 is 18.0 Å². The van der Waals surface area contributed by atoms with Crippen LogP contribution >= 0.6 is 11.3 Å².